The van der Waals surface area contributed by atoms with Gasteiger partial charge in [-0.05, 0) is 24.6 Å². The minimum absolute atomic E-state index is 0.750. The smallest absolute Gasteiger partial charge is 0.187 e. The van der Waals surface area contributed by atoms with Crippen molar-refractivity contribution in [2.24, 2.45) is 0 Å². The van der Waals surface area contributed by atoms with Gasteiger partial charge in [0.15, 0.2) is 5.58 Å². The number of aromatic nitrogens is 2. The molecule has 0 atom stereocenters. The summed E-state index contributed by atoms with van der Waals surface area (Å²) in [5.74, 6) is 0. The average molecular weight is 164 g/mol. The lowest BCUT2D eigenvalue weighted by molar-refractivity contribution is 0.424. The molecule has 3 nitrogen and oxygen atoms in total. The molecule has 0 unspecified atom stereocenters. The normalized spacial score (nSPS) is 9.25. The first-order valence-corrected chi connectivity index (χ1v) is 4.05. The third-order valence-corrected chi connectivity index (χ3v) is 1.40. The minimum Gasteiger partial charge on any atom is -0.337 e. The van der Waals surface area contributed by atoms with Crippen molar-refractivity contribution in [3.63, 3.8) is 0 Å². The molecule has 2 aromatic rings. The molecule has 0 spiro atoms. The van der Waals surface area contributed by atoms with Gasteiger partial charge in [0.25, 0.3) is 0 Å². The molecule has 0 radical (unpaired) electrons. The second-order valence-corrected chi connectivity index (χ2v) is 2.24. The molecule has 0 saturated heterocycles. The van der Waals surface area contributed by atoms with Crippen molar-refractivity contribution in [2.75, 3.05) is 0 Å². The fraction of sp³-hybridized carbons (Fsp3) is 0.333. The molecule has 64 valence electrons. The van der Waals surface area contributed by atoms with E-state index in [0.717, 1.165) is 16.7 Å². The maximum Gasteiger partial charge on any atom is 0.187 e. The number of aryl methyl sites for hydroxylation is 1. The number of nitrogens with zero attached hydrogens (tertiary/aromatic N) is 2. The Bertz CT molecular complexity index is 354. The number of rotatable bonds is 0. The maximum atomic E-state index is 4.84. The molecule has 1 aromatic carbocycles. The zero-order chi connectivity index (χ0) is 8.97. The van der Waals surface area contributed by atoms with Crippen molar-refractivity contribution >= 4 is 11.1 Å². The predicted octanol–water partition coefficient (Wildman–Crippen LogP) is 2.56. The van der Waals surface area contributed by atoms with E-state index in [1.165, 1.54) is 0 Å². The van der Waals surface area contributed by atoms with Crippen LogP contribution in [0.25, 0.3) is 11.1 Å². The lowest BCUT2D eigenvalue weighted by Gasteiger charge is -1.85. The van der Waals surface area contributed by atoms with E-state index in [1.54, 1.807) is 0 Å². The first kappa shape index (κ1) is 8.71. The lowest BCUT2D eigenvalue weighted by Crippen LogP contribution is -1.70. The molecule has 0 fully saturated rings. The fourth-order valence-electron chi connectivity index (χ4n) is 0.885. The summed E-state index contributed by atoms with van der Waals surface area (Å²) in [7, 11) is 0. The highest BCUT2D eigenvalue weighted by Crippen LogP contribution is 2.11. The molecular weight excluding hydrogens is 152 g/mol. The van der Waals surface area contributed by atoms with Crippen LogP contribution in [-0.2, 0) is 0 Å². The van der Waals surface area contributed by atoms with E-state index in [2.05, 4.69) is 10.4 Å². The van der Waals surface area contributed by atoms with Crippen LogP contribution in [0.3, 0.4) is 0 Å². The molecule has 3 heteroatoms. The number of hydrogen-bond acceptors (Lipinski definition) is 3. The van der Waals surface area contributed by atoms with Gasteiger partial charge in [0.05, 0.1) is 0 Å². The molecule has 12 heavy (non-hydrogen) atoms. The first-order chi connectivity index (χ1) is 5.86. The van der Waals surface area contributed by atoms with Crippen molar-refractivity contribution in [1.82, 2.24) is 10.4 Å². The highest BCUT2D eigenvalue weighted by atomic mass is 16.5. The molecule has 0 amide bonds. The van der Waals surface area contributed by atoms with Crippen molar-refractivity contribution in [3.8, 4) is 0 Å². The average Bonchev–Trinajstić information content (AvgIpc) is 2.54. The highest BCUT2D eigenvalue weighted by molar-refractivity contribution is 5.71. The van der Waals surface area contributed by atoms with Gasteiger partial charge >= 0.3 is 0 Å². The third kappa shape index (κ3) is 1.61. The number of hydrogen-bond donors (Lipinski definition) is 0. The molecule has 0 aliphatic carbocycles. The van der Waals surface area contributed by atoms with Crippen LogP contribution in [0.2, 0.25) is 0 Å². The lowest BCUT2D eigenvalue weighted by atomic mass is 10.2. The van der Waals surface area contributed by atoms with Gasteiger partial charge in [0.1, 0.15) is 5.52 Å². The molecule has 0 bridgehead atoms. The summed E-state index contributed by atoms with van der Waals surface area (Å²) in [5.41, 5.74) is 2.72. The van der Waals surface area contributed by atoms with Crippen molar-refractivity contribution < 1.29 is 4.52 Å². The molecule has 0 aliphatic heterocycles. The number of benzene rings is 1. The zero-order valence-corrected chi connectivity index (χ0v) is 7.53. The molecule has 1 heterocycles. The van der Waals surface area contributed by atoms with Gasteiger partial charge in [0, 0.05) is 5.27 Å². The quantitative estimate of drug-likeness (QED) is 0.600. The Morgan fingerprint density at radius 2 is 2.00 bits per heavy atom. The van der Waals surface area contributed by atoms with E-state index in [9.17, 15) is 0 Å². The SMILES string of the molecule is CC.Cc1ccc2nnoc2c1. The highest BCUT2D eigenvalue weighted by Gasteiger charge is 1.97. The second-order valence-electron chi connectivity index (χ2n) is 2.24. The van der Waals surface area contributed by atoms with Crippen LogP contribution in [0.1, 0.15) is 19.4 Å². The summed E-state index contributed by atoms with van der Waals surface area (Å²) in [6.07, 6.45) is 0. The van der Waals surface area contributed by atoms with Crippen LogP contribution in [0.15, 0.2) is 22.7 Å². The Morgan fingerprint density at radius 1 is 1.25 bits per heavy atom. The second kappa shape index (κ2) is 3.85. The largest absolute Gasteiger partial charge is 0.337 e. The van der Waals surface area contributed by atoms with Crippen LogP contribution in [-0.4, -0.2) is 10.4 Å². The van der Waals surface area contributed by atoms with Crippen molar-refractivity contribution in [2.45, 2.75) is 20.8 Å². The Morgan fingerprint density at radius 3 is 2.75 bits per heavy atom. The summed E-state index contributed by atoms with van der Waals surface area (Å²) in [5, 5.41) is 7.16. The minimum atomic E-state index is 0.750. The van der Waals surface area contributed by atoms with Gasteiger partial charge in [-0.1, -0.05) is 19.9 Å². The summed E-state index contributed by atoms with van der Waals surface area (Å²) in [4.78, 5) is 0. The molecule has 0 N–H and O–H groups in total. The Labute approximate surface area is 71.4 Å². The summed E-state index contributed by atoms with van der Waals surface area (Å²) < 4.78 is 4.84. The fourth-order valence-corrected chi connectivity index (χ4v) is 0.885. The van der Waals surface area contributed by atoms with E-state index < -0.39 is 0 Å². The zero-order valence-electron chi connectivity index (χ0n) is 7.53. The van der Waals surface area contributed by atoms with Crippen LogP contribution in [0.5, 0.6) is 0 Å². The Hall–Kier alpha value is -1.38. The van der Waals surface area contributed by atoms with E-state index in [1.807, 2.05) is 39.0 Å². The van der Waals surface area contributed by atoms with Gasteiger partial charge in [-0.25, -0.2) is 0 Å². The van der Waals surface area contributed by atoms with Crippen LogP contribution >= 0.6 is 0 Å². The van der Waals surface area contributed by atoms with Crippen LogP contribution < -0.4 is 0 Å². The van der Waals surface area contributed by atoms with Crippen molar-refractivity contribution in [3.05, 3.63) is 23.8 Å². The van der Waals surface area contributed by atoms with Gasteiger partial charge in [0.2, 0.25) is 0 Å². The summed E-state index contributed by atoms with van der Waals surface area (Å²) >= 11 is 0. The molecule has 0 saturated carbocycles. The summed E-state index contributed by atoms with van der Waals surface area (Å²) in [6.45, 7) is 6.00. The van der Waals surface area contributed by atoms with E-state index >= 15 is 0 Å². The number of fused-ring (bicyclic) bond motifs is 1. The monoisotopic (exact) mass is 164 g/mol. The maximum absolute atomic E-state index is 4.84. The topological polar surface area (TPSA) is 38.9 Å². The van der Waals surface area contributed by atoms with E-state index in [0.29, 0.717) is 0 Å². The predicted molar refractivity (Wildman–Crippen MR) is 47.9 cm³/mol. The first-order valence-electron chi connectivity index (χ1n) is 4.05. The standard InChI is InChI=1S/C7H6N2O.C2H6/c1-5-2-3-6-7(4-5)10-9-8-6;1-2/h2-4H,1H3;1-2H3. The van der Waals surface area contributed by atoms with E-state index in [4.69, 9.17) is 4.52 Å². The Balaban J connectivity index is 0.000000336. The van der Waals surface area contributed by atoms with E-state index in [-0.39, 0.29) is 0 Å². The van der Waals surface area contributed by atoms with Crippen LogP contribution in [0.4, 0.5) is 0 Å². The van der Waals surface area contributed by atoms with Gasteiger partial charge in [-0.2, -0.15) is 0 Å². The summed E-state index contributed by atoms with van der Waals surface area (Å²) in [6, 6.07) is 5.78. The van der Waals surface area contributed by atoms with Crippen LogP contribution in [0, 0.1) is 6.92 Å². The third-order valence-electron chi connectivity index (χ3n) is 1.40. The molecule has 0 aliphatic rings. The van der Waals surface area contributed by atoms with Gasteiger partial charge in [-0.3, -0.25) is 0 Å². The van der Waals surface area contributed by atoms with Gasteiger partial charge < -0.3 is 4.52 Å². The molecular formula is C9H12N2O. The molecule has 2 rings (SSSR count). The Kier molecular flexibility index (Phi) is 2.80. The van der Waals surface area contributed by atoms with Crippen molar-refractivity contribution in [1.29, 1.82) is 0 Å². The van der Waals surface area contributed by atoms with Gasteiger partial charge in [-0.15, -0.1) is 5.10 Å². The molecule has 1 aromatic heterocycles.